The Kier molecular flexibility index (Phi) is 50.2. The summed E-state index contributed by atoms with van der Waals surface area (Å²) in [4.78, 5) is 12.5. The van der Waals surface area contributed by atoms with Crippen molar-refractivity contribution in [1.82, 2.24) is 5.32 Å². The maximum Gasteiger partial charge on any atom is 0.220 e. The molecule has 1 amide bonds. The third-order valence-corrected chi connectivity index (χ3v) is 12.7. The molecule has 0 aromatic rings. The maximum absolute atomic E-state index is 12.5. The molecular weight excluding hydrogens is 723 g/mol. The van der Waals surface area contributed by atoms with Crippen molar-refractivity contribution in [2.75, 3.05) is 6.61 Å². The molecule has 4 nitrogen and oxygen atoms in total. The van der Waals surface area contributed by atoms with Gasteiger partial charge in [0.1, 0.15) is 0 Å². The monoisotopic (exact) mass is 830 g/mol. The first-order valence-corrected chi connectivity index (χ1v) is 27.0. The van der Waals surface area contributed by atoms with Crippen LogP contribution in [0.1, 0.15) is 303 Å². The van der Waals surface area contributed by atoms with E-state index >= 15 is 0 Å². The molecule has 0 aromatic carbocycles. The van der Waals surface area contributed by atoms with E-state index in [0.717, 1.165) is 32.1 Å². The summed E-state index contributed by atoms with van der Waals surface area (Å²) in [6, 6.07) is -0.538. The van der Waals surface area contributed by atoms with Crippen LogP contribution in [-0.4, -0.2) is 34.9 Å². The fraction of sp³-hybridized carbons (Fsp3) is 0.909. The smallest absolute Gasteiger partial charge is 0.220 e. The first-order valence-electron chi connectivity index (χ1n) is 27.0. The third kappa shape index (κ3) is 47.8. The Bertz CT molecular complexity index is 855. The summed E-state index contributed by atoms with van der Waals surface area (Å²) in [6.45, 7) is 4.36. The topological polar surface area (TPSA) is 69.6 Å². The average molecular weight is 830 g/mol. The van der Waals surface area contributed by atoms with Crippen LogP contribution in [0.5, 0.6) is 0 Å². The zero-order chi connectivity index (χ0) is 42.8. The quantitative estimate of drug-likeness (QED) is 0.0422. The maximum atomic E-state index is 12.5. The van der Waals surface area contributed by atoms with Gasteiger partial charge < -0.3 is 15.5 Å². The normalized spacial score (nSPS) is 12.9. The number of nitrogens with one attached hydrogen (secondary N) is 1. The van der Waals surface area contributed by atoms with Crippen molar-refractivity contribution in [3.8, 4) is 0 Å². The van der Waals surface area contributed by atoms with Crippen molar-refractivity contribution in [2.45, 2.75) is 315 Å². The molecule has 0 rings (SSSR count). The molecule has 0 spiro atoms. The zero-order valence-electron chi connectivity index (χ0n) is 40.3. The molecule has 350 valence electrons. The Morgan fingerprint density at radius 1 is 0.407 bits per heavy atom. The van der Waals surface area contributed by atoms with Gasteiger partial charge in [-0.05, 0) is 44.9 Å². The summed E-state index contributed by atoms with van der Waals surface area (Å²) >= 11 is 0. The van der Waals surface area contributed by atoms with E-state index in [4.69, 9.17) is 0 Å². The lowest BCUT2D eigenvalue weighted by Gasteiger charge is -2.22. The second-order valence-electron chi connectivity index (χ2n) is 18.7. The third-order valence-electron chi connectivity index (χ3n) is 12.7. The van der Waals surface area contributed by atoms with Crippen LogP contribution in [0, 0.1) is 0 Å². The van der Waals surface area contributed by atoms with E-state index in [2.05, 4.69) is 43.5 Å². The van der Waals surface area contributed by atoms with Gasteiger partial charge in [0, 0.05) is 6.42 Å². The fourth-order valence-corrected chi connectivity index (χ4v) is 8.57. The molecule has 2 atom stereocenters. The predicted molar refractivity (Wildman–Crippen MR) is 262 cm³/mol. The van der Waals surface area contributed by atoms with E-state index in [0.29, 0.717) is 12.8 Å². The standard InChI is InChI=1S/C55H107NO3/c1-3-5-7-9-11-13-15-17-19-21-23-24-25-26-27-28-29-30-31-33-34-36-38-40-42-44-46-48-50-54(58)53(52-57)56-55(59)51-49-47-45-43-41-39-37-35-32-22-20-18-16-14-12-10-8-6-4-2/h12,14,18,20,53-54,57-58H,3-11,13,15-17,19,21-52H2,1-2H3,(H,56,59)/b14-12-,20-18-. The highest BCUT2D eigenvalue weighted by molar-refractivity contribution is 5.76. The van der Waals surface area contributed by atoms with Gasteiger partial charge in [-0.3, -0.25) is 4.79 Å². The minimum atomic E-state index is -0.661. The molecule has 0 saturated carbocycles. The number of hydrogen-bond acceptors (Lipinski definition) is 3. The highest BCUT2D eigenvalue weighted by Crippen LogP contribution is 2.18. The zero-order valence-corrected chi connectivity index (χ0v) is 40.3. The first kappa shape index (κ1) is 57.9. The summed E-state index contributed by atoms with van der Waals surface area (Å²) in [5.74, 6) is -0.0319. The molecule has 0 heterocycles. The molecule has 0 aromatic heterocycles. The van der Waals surface area contributed by atoms with Crippen molar-refractivity contribution in [3.63, 3.8) is 0 Å². The number of carbonyl (C=O) groups is 1. The van der Waals surface area contributed by atoms with E-state index in [9.17, 15) is 15.0 Å². The number of unbranched alkanes of at least 4 members (excludes halogenated alkanes) is 39. The second-order valence-corrected chi connectivity index (χ2v) is 18.7. The molecule has 0 bridgehead atoms. The van der Waals surface area contributed by atoms with Crippen LogP contribution in [0.2, 0.25) is 0 Å². The van der Waals surface area contributed by atoms with E-state index < -0.39 is 12.1 Å². The Labute approximate surface area is 370 Å². The van der Waals surface area contributed by atoms with E-state index in [1.165, 1.54) is 244 Å². The summed E-state index contributed by atoms with van der Waals surface area (Å²) in [7, 11) is 0. The lowest BCUT2D eigenvalue weighted by Crippen LogP contribution is -2.45. The molecule has 59 heavy (non-hydrogen) atoms. The number of allylic oxidation sites excluding steroid dienone is 4. The van der Waals surface area contributed by atoms with Crippen molar-refractivity contribution >= 4 is 5.91 Å². The number of aliphatic hydroxyl groups excluding tert-OH is 2. The van der Waals surface area contributed by atoms with E-state index in [1.54, 1.807) is 0 Å². The van der Waals surface area contributed by atoms with Gasteiger partial charge in [0.25, 0.3) is 0 Å². The van der Waals surface area contributed by atoms with E-state index in [1.807, 2.05) is 0 Å². The van der Waals surface area contributed by atoms with Gasteiger partial charge in [0.2, 0.25) is 5.91 Å². The van der Waals surface area contributed by atoms with Crippen LogP contribution in [0.15, 0.2) is 24.3 Å². The molecule has 2 unspecified atom stereocenters. The first-order chi connectivity index (χ1) is 29.2. The SMILES string of the molecule is CCCCC/C=C\C/C=C\CCCCCCCCCCCC(=O)NC(CO)C(O)CCCCCCCCCCCCCCCCCCCCCCCCCCCCCC. The Balaban J connectivity index is 3.43. The number of amides is 1. The van der Waals surface area contributed by atoms with Crippen LogP contribution >= 0.6 is 0 Å². The van der Waals surface area contributed by atoms with Crippen LogP contribution in [0.25, 0.3) is 0 Å². The van der Waals surface area contributed by atoms with Crippen LogP contribution in [-0.2, 0) is 4.79 Å². The Morgan fingerprint density at radius 2 is 0.695 bits per heavy atom. The van der Waals surface area contributed by atoms with Crippen LogP contribution in [0.3, 0.4) is 0 Å². The lowest BCUT2D eigenvalue weighted by atomic mass is 10.0. The molecule has 0 aliphatic rings. The van der Waals surface area contributed by atoms with Gasteiger partial charge in [-0.15, -0.1) is 0 Å². The predicted octanol–water partition coefficient (Wildman–Crippen LogP) is 17.5. The Hall–Kier alpha value is -1.13. The summed E-state index contributed by atoms with van der Waals surface area (Å²) in [5, 5.41) is 23.3. The van der Waals surface area contributed by atoms with Gasteiger partial charge in [-0.25, -0.2) is 0 Å². The average Bonchev–Trinajstić information content (AvgIpc) is 3.24. The lowest BCUT2D eigenvalue weighted by molar-refractivity contribution is -0.123. The molecule has 0 fully saturated rings. The highest BCUT2D eigenvalue weighted by Gasteiger charge is 2.20. The summed E-state index contributed by atoms with van der Waals surface area (Å²) < 4.78 is 0. The number of carbonyl (C=O) groups excluding carboxylic acids is 1. The van der Waals surface area contributed by atoms with Gasteiger partial charge in [-0.2, -0.15) is 0 Å². The van der Waals surface area contributed by atoms with Gasteiger partial charge in [-0.1, -0.05) is 276 Å². The number of hydrogen-bond donors (Lipinski definition) is 3. The minimum Gasteiger partial charge on any atom is -0.394 e. The van der Waals surface area contributed by atoms with Crippen molar-refractivity contribution < 1.29 is 15.0 Å². The minimum absolute atomic E-state index is 0.0319. The van der Waals surface area contributed by atoms with Crippen LogP contribution < -0.4 is 5.32 Å². The molecule has 0 aliphatic carbocycles. The number of rotatable bonds is 50. The van der Waals surface area contributed by atoms with Crippen LogP contribution in [0.4, 0.5) is 0 Å². The summed E-state index contributed by atoms with van der Waals surface area (Å²) in [5.41, 5.74) is 0. The molecular formula is C55H107NO3. The largest absolute Gasteiger partial charge is 0.394 e. The molecule has 0 radical (unpaired) electrons. The van der Waals surface area contributed by atoms with Crippen molar-refractivity contribution in [3.05, 3.63) is 24.3 Å². The van der Waals surface area contributed by atoms with Crippen molar-refractivity contribution in [1.29, 1.82) is 0 Å². The molecule has 0 aliphatic heterocycles. The molecule has 3 N–H and O–H groups in total. The fourth-order valence-electron chi connectivity index (χ4n) is 8.57. The number of aliphatic hydroxyl groups is 2. The highest BCUT2D eigenvalue weighted by atomic mass is 16.3. The molecule has 0 saturated heterocycles. The van der Waals surface area contributed by atoms with Gasteiger partial charge in [0.05, 0.1) is 18.8 Å². The van der Waals surface area contributed by atoms with Crippen molar-refractivity contribution in [2.24, 2.45) is 0 Å². The van der Waals surface area contributed by atoms with Gasteiger partial charge >= 0.3 is 0 Å². The second kappa shape index (κ2) is 51.2. The Morgan fingerprint density at radius 3 is 1.05 bits per heavy atom. The van der Waals surface area contributed by atoms with Gasteiger partial charge in [0.15, 0.2) is 0 Å². The summed E-state index contributed by atoms with van der Waals surface area (Å²) in [6.07, 6.45) is 67.3. The molecule has 4 heteroatoms. The van der Waals surface area contributed by atoms with E-state index in [-0.39, 0.29) is 12.5 Å².